The summed E-state index contributed by atoms with van der Waals surface area (Å²) >= 11 is 12.0. The number of carbonyl (C=O) groups is 1. The van der Waals surface area contributed by atoms with Gasteiger partial charge < -0.3 is 4.74 Å². The second-order valence-electron chi connectivity index (χ2n) is 6.37. The van der Waals surface area contributed by atoms with E-state index >= 15 is 0 Å². The molecule has 0 saturated carbocycles. The number of aryl methyl sites for hydroxylation is 1. The molecule has 6 heteroatoms. The number of nitrogens with zero attached hydrogens (tertiary/aromatic N) is 1. The van der Waals surface area contributed by atoms with Gasteiger partial charge in [0.1, 0.15) is 12.4 Å². The predicted molar refractivity (Wildman–Crippen MR) is 118 cm³/mol. The minimum absolute atomic E-state index is 0.120. The molecule has 0 aromatic heterocycles. The summed E-state index contributed by atoms with van der Waals surface area (Å²) in [6.07, 6.45) is 2.67. The number of halogens is 2. The maximum Gasteiger partial charge on any atom is 0.240 e. The highest BCUT2D eigenvalue weighted by Crippen LogP contribution is 2.22. The maximum absolute atomic E-state index is 11.9. The summed E-state index contributed by atoms with van der Waals surface area (Å²) < 4.78 is 5.74. The fraction of sp³-hybridized carbons (Fsp3) is 0.130. The third-order valence-corrected chi connectivity index (χ3v) is 4.76. The van der Waals surface area contributed by atoms with E-state index in [2.05, 4.69) is 10.5 Å². The molecule has 0 heterocycles. The van der Waals surface area contributed by atoms with Crippen molar-refractivity contribution in [1.82, 2.24) is 5.43 Å². The van der Waals surface area contributed by atoms with Gasteiger partial charge in [0.05, 0.1) is 6.21 Å². The number of hydrazone groups is 1. The molecule has 0 aliphatic carbocycles. The minimum Gasteiger partial charge on any atom is -0.489 e. The van der Waals surface area contributed by atoms with Crippen LogP contribution in [-0.4, -0.2) is 12.1 Å². The van der Waals surface area contributed by atoms with Gasteiger partial charge in [0, 0.05) is 22.0 Å². The van der Waals surface area contributed by atoms with Gasteiger partial charge in [-0.2, -0.15) is 5.10 Å². The van der Waals surface area contributed by atoms with Crippen molar-refractivity contribution < 1.29 is 9.53 Å². The zero-order valence-electron chi connectivity index (χ0n) is 15.6. The van der Waals surface area contributed by atoms with Gasteiger partial charge in [0.15, 0.2) is 0 Å². The Bertz CT molecular complexity index is 974. The zero-order chi connectivity index (χ0) is 20.5. The SMILES string of the molecule is O=C(CCc1ccccc1)N/N=C\c1ccc(OCc2ccc(Cl)cc2Cl)cc1. The monoisotopic (exact) mass is 426 g/mol. The lowest BCUT2D eigenvalue weighted by atomic mass is 10.1. The molecule has 3 rings (SSSR count). The second-order valence-corrected chi connectivity index (χ2v) is 7.22. The second kappa shape index (κ2) is 10.6. The Morgan fingerprint density at radius 1 is 1.00 bits per heavy atom. The molecule has 0 aliphatic heterocycles. The van der Waals surface area contributed by atoms with Crippen LogP contribution in [0.2, 0.25) is 10.0 Å². The molecule has 0 atom stereocenters. The van der Waals surface area contributed by atoms with Crippen LogP contribution in [0.4, 0.5) is 0 Å². The first-order valence-corrected chi connectivity index (χ1v) is 9.88. The highest BCUT2D eigenvalue weighted by Gasteiger charge is 2.03. The summed E-state index contributed by atoms with van der Waals surface area (Å²) in [5.74, 6) is 0.588. The van der Waals surface area contributed by atoms with Crippen LogP contribution in [0, 0.1) is 0 Å². The summed E-state index contributed by atoms with van der Waals surface area (Å²) in [4.78, 5) is 11.9. The van der Waals surface area contributed by atoms with Crippen molar-refractivity contribution >= 4 is 35.3 Å². The summed E-state index contributed by atoms with van der Waals surface area (Å²) in [7, 11) is 0. The van der Waals surface area contributed by atoms with Crippen LogP contribution in [0.25, 0.3) is 0 Å². The van der Waals surface area contributed by atoms with Crippen LogP contribution in [0.1, 0.15) is 23.1 Å². The third kappa shape index (κ3) is 6.93. The smallest absolute Gasteiger partial charge is 0.240 e. The molecule has 0 fully saturated rings. The number of hydrogen-bond acceptors (Lipinski definition) is 3. The Hall–Kier alpha value is -2.82. The molecule has 0 unspecified atom stereocenters. The number of benzene rings is 3. The molecule has 3 aromatic carbocycles. The minimum atomic E-state index is -0.120. The van der Waals surface area contributed by atoms with E-state index in [1.54, 1.807) is 18.3 Å². The quantitative estimate of drug-likeness (QED) is 0.373. The lowest BCUT2D eigenvalue weighted by Crippen LogP contribution is -2.17. The van der Waals surface area contributed by atoms with Gasteiger partial charge in [-0.1, -0.05) is 59.6 Å². The zero-order valence-corrected chi connectivity index (χ0v) is 17.2. The van der Waals surface area contributed by atoms with Crippen molar-refractivity contribution in [2.24, 2.45) is 5.10 Å². The predicted octanol–water partition coefficient (Wildman–Crippen LogP) is 5.66. The van der Waals surface area contributed by atoms with E-state index in [-0.39, 0.29) is 5.91 Å². The van der Waals surface area contributed by atoms with Gasteiger partial charge in [-0.3, -0.25) is 4.79 Å². The molecular formula is C23H20Cl2N2O2. The normalized spacial score (nSPS) is 10.8. The lowest BCUT2D eigenvalue weighted by Gasteiger charge is -2.08. The first kappa shape index (κ1) is 20.9. The number of rotatable bonds is 8. The van der Waals surface area contributed by atoms with Crippen molar-refractivity contribution in [2.75, 3.05) is 0 Å². The molecule has 148 valence electrons. The van der Waals surface area contributed by atoms with E-state index < -0.39 is 0 Å². The number of hydrogen-bond donors (Lipinski definition) is 1. The van der Waals surface area contributed by atoms with Crippen LogP contribution < -0.4 is 10.2 Å². The van der Waals surface area contributed by atoms with E-state index in [4.69, 9.17) is 27.9 Å². The lowest BCUT2D eigenvalue weighted by molar-refractivity contribution is -0.121. The Morgan fingerprint density at radius 2 is 1.76 bits per heavy atom. The maximum atomic E-state index is 11.9. The summed E-state index contributed by atoms with van der Waals surface area (Å²) in [5.41, 5.74) is 5.39. The number of amides is 1. The number of ether oxygens (including phenoxy) is 1. The number of nitrogens with one attached hydrogen (secondary N) is 1. The van der Waals surface area contributed by atoms with Gasteiger partial charge in [-0.15, -0.1) is 0 Å². The van der Waals surface area contributed by atoms with Crippen molar-refractivity contribution in [3.8, 4) is 5.75 Å². The van der Waals surface area contributed by atoms with Gasteiger partial charge in [-0.25, -0.2) is 5.43 Å². The average molecular weight is 427 g/mol. The Labute approximate surface area is 180 Å². The van der Waals surface area contributed by atoms with E-state index in [1.807, 2.05) is 60.7 Å². The Kier molecular flexibility index (Phi) is 7.68. The average Bonchev–Trinajstić information content (AvgIpc) is 2.73. The van der Waals surface area contributed by atoms with Gasteiger partial charge in [0.25, 0.3) is 0 Å². The van der Waals surface area contributed by atoms with E-state index in [9.17, 15) is 4.79 Å². The summed E-state index contributed by atoms with van der Waals surface area (Å²) in [5, 5.41) is 5.17. The summed E-state index contributed by atoms with van der Waals surface area (Å²) in [6, 6.07) is 22.6. The van der Waals surface area contributed by atoms with E-state index in [0.717, 1.165) is 16.7 Å². The van der Waals surface area contributed by atoms with Crippen molar-refractivity contribution in [3.05, 3.63) is 99.5 Å². The fourth-order valence-electron chi connectivity index (χ4n) is 2.59. The molecule has 0 radical (unpaired) electrons. The first-order chi connectivity index (χ1) is 14.1. The molecule has 3 aromatic rings. The first-order valence-electron chi connectivity index (χ1n) is 9.13. The highest BCUT2D eigenvalue weighted by molar-refractivity contribution is 6.35. The van der Waals surface area contributed by atoms with Crippen LogP contribution in [0.3, 0.4) is 0 Å². The Morgan fingerprint density at radius 3 is 2.48 bits per heavy atom. The Balaban J connectivity index is 1.44. The topological polar surface area (TPSA) is 50.7 Å². The van der Waals surface area contributed by atoms with Crippen molar-refractivity contribution in [2.45, 2.75) is 19.4 Å². The molecule has 1 amide bonds. The molecule has 0 saturated heterocycles. The standard InChI is InChI=1S/C23H20Cl2N2O2/c24-20-10-9-19(22(25)14-20)16-29-21-11-6-18(7-12-21)15-26-27-23(28)13-8-17-4-2-1-3-5-17/h1-7,9-12,14-15H,8,13,16H2,(H,27,28)/b26-15-. The molecular weight excluding hydrogens is 407 g/mol. The molecule has 1 N–H and O–H groups in total. The van der Waals surface area contributed by atoms with Gasteiger partial charge >= 0.3 is 0 Å². The molecule has 0 spiro atoms. The van der Waals surface area contributed by atoms with Gasteiger partial charge in [-0.05, 0) is 53.9 Å². The van der Waals surface area contributed by atoms with E-state index in [1.165, 1.54) is 0 Å². The molecule has 29 heavy (non-hydrogen) atoms. The molecule has 0 aliphatic rings. The fourth-order valence-corrected chi connectivity index (χ4v) is 3.05. The van der Waals surface area contributed by atoms with Crippen LogP contribution in [0.5, 0.6) is 5.75 Å². The highest BCUT2D eigenvalue weighted by atomic mass is 35.5. The van der Waals surface area contributed by atoms with Crippen LogP contribution in [0.15, 0.2) is 77.9 Å². The van der Waals surface area contributed by atoms with Crippen molar-refractivity contribution in [3.63, 3.8) is 0 Å². The number of carbonyl (C=O) groups excluding carboxylic acids is 1. The van der Waals surface area contributed by atoms with Crippen molar-refractivity contribution in [1.29, 1.82) is 0 Å². The molecule has 0 bridgehead atoms. The van der Waals surface area contributed by atoms with E-state index in [0.29, 0.717) is 35.2 Å². The molecule has 4 nitrogen and oxygen atoms in total. The summed E-state index contributed by atoms with van der Waals surface area (Å²) in [6.45, 7) is 0.348. The van der Waals surface area contributed by atoms with Gasteiger partial charge in [0.2, 0.25) is 5.91 Å². The third-order valence-electron chi connectivity index (χ3n) is 4.18. The largest absolute Gasteiger partial charge is 0.489 e. The van der Waals surface area contributed by atoms with Crippen LogP contribution in [-0.2, 0) is 17.8 Å². The van der Waals surface area contributed by atoms with Crippen LogP contribution >= 0.6 is 23.2 Å².